The smallest absolute Gasteiger partial charge is 0.240 e. The molecule has 0 aromatic heterocycles. The fraction of sp³-hybridized carbons (Fsp3) is 0.632. The second-order valence-electron chi connectivity index (χ2n) is 8.14. The van der Waals surface area contributed by atoms with E-state index in [2.05, 4.69) is 4.72 Å². The van der Waals surface area contributed by atoms with Crippen molar-refractivity contribution in [2.75, 3.05) is 13.1 Å². The van der Waals surface area contributed by atoms with Gasteiger partial charge in [0.05, 0.1) is 10.8 Å². The number of benzene rings is 1. The van der Waals surface area contributed by atoms with Gasteiger partial charge in [-0.3, -0.25) is 4.79 Å². The fourth-order valence-electron chi connectivity index (χ4n) is 5.11. The number of fused-ring (bicyclic) bond motifs is 2. The Balaban J connectivity index is 1.43. The second-order valence-corrected chi connectivity index (χ2v) is 9.85. The lowest BCUT2D eigenvalue weighted by molar-refractivity contribution is -0.139. The van der Waals surface area contributed by atoms with Gasteiger partial charge >= 0.3 is 0 Å². The second kappa shape index (κ2) is 7.14. The number of nitrogens with one attached hydrogen (secondary N) is 1. The van der Waals surface area contributed by atoms with Crippen molar-refractivity contribution in [2.45, 2.75) is 49.1 Å². The molecule has 1 aromatic carbocycles. The van der Waals surface area contributed by atoms with Crippen molar-refractivity contribution >= 4 is 15.9 Å². The van der Waals surface area contributed by atoms with E-state index in [1.807, 2.05) is 0 Å². The highest BCUT2D eigenvalue weighted by atomic mass is 32.2. The molecular formula is C19H26FN3O3S. The van der Waals surface area contributed by atoms with E-state index >= 15 is 0 Å². The van der Waals surface area contributed by atoms with Crippen LogP contribution >= 0.6 is 0 Å². The van der Waals surface area contributed by atoms with Gasteiger partial charge in [0.25, 0.3) is 0 Å². The first-order valence-corrected chi connectivity index (χ1v) is 11.2. The van der Waals surface area contributed by atoms with Gasteiger partial charge < -0.3 is 10.6 Å². The van der Waals surface area contributed by atoms with Gasteiger partial charge in [0.1, 0.15) is 5.82 Å². The average Bonchev–Trinajstić information content (AvgIpc) is 3.22. The van der Waals surface area contributed by atoms with Crippen LogP contribution in [0.3, 0.4) is 0 Å². The summed E-state index contributed by atoms with van der Waals surface area (Å²) in [6, 6.07) is 4.51. The fourth-order valence-corrected chi connectivity index (χ4v) is 6.40. The summed E-state index contributed by atoms with van der Waals surface area (Å²) in [7, 11) is -3.82. The molecule has 1 heterocycles. The molecule has 2 saturated carbocycles. The van der Waals surface area contributed by atoms with Crippen molar-refractivity contribution in [3.63, 3.8) is 0 Å². The van der Waals surface area contributed by atoms with Crippen molar-refractivity contribution in [1.29, 1.82) is 0 Å². The van der Waals surface area contributed by atoms with E-state index < -0.39 is 15.8 Å². The van der Waals surface area contributed by atoms with Gasteiger partial charge in [-0.2, -0.15) is 0 Å². The summed E-state index contributed by atoms with van der Waals surface area (Å²) in [6.07, 6.45) is 4.62. The highest BCUT2D eigenvalue weighted by molar-refractivity contribution is 7.89. The lowest BCUT2D eigenvalue weighted by Crippen LogP contribution is -2.54. The molecule has 1 aromatic rings. The van der Waals surface area contributed by atoms with Crippen LogP contribution in [0.2, 0.25) is 0 Å². The van der Waals surface area contributed by atoms with Crippen LogP contribution in [0.5, 0.6) is 0 Å². The first kappa shape index (κ1) is 18.8. The average molecular weight is 396 g/mol. The van der Waals surface area contributed by atoms with E-state index in [0.29, 0.717) is 31.3 Å². The maximum Gasteiger partial charge on any atom is 0.240 e. The van der Waals surface area contributed by atoms with Crippen LogP contribution < -0.4 is 10.5 Å². The zero-order valence-corrected chi connectivity index (χ0v) is 16.0. The summed E-state index contributed by atoms with van der Waals surface area (Å²) in [6.45, 7) is 0.978. The summed E-state index contributed by atoms with van der Waals surface area (Å²) in [5, 5.41) is 0. The number of carbonyl (C=O) groups excluding carboxylic acids is 1. The Kier molecular flexibility index (Phi) is 4.98. The van der Waals surface area contributed by atoms with Crippen LogP contribution in [0.1, 0.15) is 32.1 Å². The Bertz CT molecular complexity index is 829. The number of rotatable bonds is 4. The minimum absolute atomic E-state index is 0.0689. The number of carbonyl (C=O) groups is 1. The molecule has 27 heavy (non-hydrogen) atoms. The number of nitrogens with zero attached hydrogens (tertiary/aromatic N) is 1. The van der Waals surface area contributed by atoms with Crippen LogP contribution in [0.4, 0.5) is 4.39 Å². The third-order valence-electron chi connectivity index (χ3n) is 6.43. The first-order chi connectivity index (χ1) is 12.8. The molecule has 6 nitrogen and oxygen atoms in total. The maximum absolute atomic E-state index is 13.4. The van der Waals surface area contributed by atoms with E-state index in [1.54, 1.807) is 4.90 Å². The minimum Gasteiger partial charge on any atom is -0.341 e. The predicted octanol–water partition coefficient (Wildman–Crippen LogP) is 1.47. The van der Waals surface area contributed by atoms with Crippen LogP contribution in [0.15, 0.2) is 29.2 Å². The molecule has 5 atom stereocenters. The number of amides is 1. The largest absolute Gasteiger partial charge is 0.341 e. The van der Waals surface area contributed by atoms with Gasteiger partial charge in [0.2, 0.25) is 15.9 Å². The third kappa shape index (κ3) is 3.62. The molecule has 5 unspecified atom stereocenters. The molecule has 3 N–H and O–H groups in total. The maximum atomic E-state index is 13.4. The van der Waals surface area contributed by atoms with E-state index in [0.717, 1.165) is 31.7 Å². The number of likely N-dealkylation sites (tertiary alicyclic amines) is 1. The van der Waals surface area contributed by atoms with Crippen LogP contribution in [-0.4, -0.2) is 44.4 Å². The van der Waals surface area contributed by atoms with Gasteiger partial charge in [-0.1, -0.05) is 6.07 Å². The summed E-state index contributed by atoms with van der Waals surface area (Å²) >= 11 is 0. The number of hydrogen-bond donors (Lipinski definition) is 2. The standard InChI is InChI=1S/C19H26FN3O3S/c20-14-3-1-5-16(10-14)27(25,26)22-15-4-2-8-23(11-15)19(24)17-12-6-7-13(9-12)18(17)21/h1,3,5,10,12-13,15,17-18,22H,2,4,6-9,11,21H2. The molecule has 1 saturated heterocycles. The van der Waals surface area contributed by atoms with Crippen molar-refractivity contribution < 1.29 is 17.6 Å². The topological polar surface area (TPSA) is 92.5 Å². The molecule has 0 radical (unpaired) electrons. The first-order valence-electron chi connectivity index (χ1n) is 9.67. The number of piperidine rings is 1. The van der Waals surface area contributed by atoms with Crippen LogP contribution in [0, 0.1) is 23.6 Å². The lowest BCUT2D eigenvalue weighted by Gasteiger charge is -2.37. The van der Waals surface area contributed by atoms with Gasteiger partial charge in [-0.15, -0.1) is 0 Å². The van der Waals surface area contributed by atoms with Crippen LogP contribution in [-0.2, 0) is 14.8 Å². The Labute approximate surface area is 159 Å². The third-order valence-corrected chi connectivity index (χ3v) is 7.95. The number of sulfonamides is 1. The van der Waals surface area contributed by atoms with E-state index in [4.69, 9.17) is 5.73 Å². The molecule has 1 aliphatic heterocycles. The molecule has 2 aliphatic carbocycles. The molecule has 148 valence electrons. The van der Waals surface area contributed by atoms with Crippen molar-refractivity contribution in [3.05, 3.63) is 30.1 Å². The highest BCUT2D eigenvalue weighted by Gasteiger charge is 2.50. The Morgan fingerprint density at radius 1 is 1.22 bits per heavy atom. The summed E-state index contributed by atoms with van der Waals surface area (Å²) in [5.74, 6) is 0.188. The summed E-state index contributed by atoms with van der Waals surface area (Å²) < 4.78 is 41.1. The van der Waals surface area contributed by atoms with E-state index in [1.165, 1.54) is 18.2 Å². The quantitative estimate of drug-likeness (QED) is 0.807. The van der Waals surface area contributed by atoms with Crippen LogP contribution in [0.25, 0.3) is 0 Å². The molecule has 0 spiro atoms. The van der Waals surface area contributed by atoms with Gasteiger partial charge in [0.15, 0.2) is 0 Å². The Morgan fingerprint density at radius 2 is 2.00 bits per heavy atom. The lowest BCUT2D eigenvalue weighted by atomic mass is 9.83. The van der Waals surface area contributed by atoms with Crippen molar-refractivity contribution in [2.24, 2.45) is 23.5 Å². The van der Waals surface area contributed by atoms with E-state index in [-0.39, 0.29) is 28.8 Å². The number of hydrogen-bond acceptors (Lipinski definition) is 4. The summed E-state index contributed by atoms with van der Waals surface area (Å²) in [5.41, 5.74) is 6.30. The summed E-state index contributed by atoms with van der Waals surface area (Å²) in [4.78, 5) is 14.7. The molecule has 4 rings (SSSR count). The molecular weight excluding hydrogens is 369 g/mol. The van der Waals surface area contributed by atoms with Crippen molar-refractivity contribution in [3.8, 4) is 0 Å². The predicted molar refractivity (Wildman–Crippen MR) is 98.6 cm³/mol. The Hall–Kier alpha value is -1.51. The Morgan fingerprint density at radius 3 is 2.70 bits per heavy atom. The molecule has 1 amide bonds. The molecule has 2 bridgehead atoms. The van der Waals surface area contributed by atoms with Gasteiger partial charge in [-0.05, 0) is 62.1 Å². The van der Waals surface area contributed by atoms with Gasteiger partial charge in [-0.25, -0.2) is 17.5 Å². The van der Waals surface area contributed by atoms with Crippen molar-refractivity contribution in [1.82, 2.24) is 9.62 Å². The zero-order chi connectivity index (χ0) is 19.2. The molecule has 3 aliphatic rings. The highest BCUT2D eigenvalue weighted by Crippen LogP contribution is 2.48. The number of nitrogens with two attached hydrogens (primary N) is 1. The zero-order valence-electron chi connectivity index (χ0n) is 15.2. The normalized spacial score (nSPS) is 33.4. The molecule has 3 fully saturated rings. The SMILES string of the molecule is NC1C2CCC(C2)C1C(=O)N1CCCC(NS(=O)(=O)c2cccc(F)c2)C1. The van der Waals surface area contributed by atoms with E-state index in [9.17, 15) is 17.6 Å². The molecule has 8 heteroatoms. The minimum atomic E-state index is -3.82. The number of halogens is 1. The van der Waals surface area contributed by atoms with Gasteiger partial charge in [0, 0.05) is 25.2 Å². The monoisotopic (exact) mass is 395 g/mol.